The Morgan fingerprint density at radius 3 is 2.58 bits per heavy atom. The Morgan fingerprint density at radius 1 is 1.32 bits per heavy atom. The van der Waals surface area contributed by atoms with Crippen LogP contribution in [0.5, 0.6) is 5.75 Å². The fourth-order valence-electron chi connectivity index (χ4n) is 1.73. The molecule has 1 aromatic heterocycles. The lowest BCUT2D eigenvalue weighted by Crippen LogP contribution is -2.07. The fraction of sp³-hybridized carbons (Fsp3) is 0.286. The van der Waals surface area contributed by atoms with Gasteiger partial charge < -0.3 is 9.84 Å². The van der Waals surface area contributed by atoms with Crippen molar-refractivity contribution in [2.24, 2.45) is 0 Å². The molecule has 2 rings (SSSR count). The highest BCUT2D eigenvalue weighted by Crippen LogP contribution is 2.21. The Balaban J connectivity index is 2.12. The van der Waals surface area contributed by atoms with Crippen LogP contribution in [0.4, 0.5) is 4.39 Å². The van der Waals surface area contributed by atoms with Crippen LogP contribution in [0.1, 0.15) is 23.1 Å². The number of aryl methyl sites for hydroxylation is 1. The summed E-state index contributed by atoms with van der Waals surface area (Å²) in [6.45, 7) is 1.87. The van der Waals surface area contributed by atoms with Crippen molar-refractivity contribution >= 4 is 0 Å². The summed E-state index contributed by atoms with van der Waals surface area (Å²) >= 11 is 0. The number of aliphatic hydroxyl groups is 1. The zero-order valence-corrected chi connectivity index (χ0v) is 10.8. The molecule has 0 bridgehead atoms. The van der Waals surface area contributed by atoms with Gasteiger partial charge in [-0.05, 0) is 30.2 Å². The van der Waals surface area contributed by atoms with Crippen LogP contribution in [0.25, 0.3) is 0 Å². The maximum Gasteiger partial charge on any atom is 0.165 e. The number of aliphatic hydroxyl groups excluding tert-OH is 1. The highest BCUT2D eigenvalue weighted by atomic mass is 19.1. The summed E-state index contributed by atoms with van der Waals surface area (Å²) in [6, 6.07) is 4.59. The third-order valence-electron chi connectivity index (χ3n) is 2.74. The quantitative estimate of drug-likeness (QED) is 0.917. The zero-order valence-electron chi connectivity index (χ0n) is 10.8. The van der Waals surface area contributed by atoms with Crippen LogP contribution in [0, 0.1) is 12.7 Å². The molecule has 1 N–H and O–H groups in total. The van der Waals surface area contributed by atoms with E-state index in [9.17, 15) is 9.50 Å². The van der Waals surface area contributed by atoms with Crippen LogP contribution in [0.2, 0.25) is 0 Å². The Kier molecular flexibility index (Phi) is 4.06. The minimum Gasteiger partial charge on any atom is -0.494 e. The van der Waals surface area contributed by atoms with Gasteiger partial charge in [0.05, 0.1) is 7.11 Å². The number of methoxy groups -OCH3 is 1. The minimum absolute atomic E-state index is 0.185. The highest BCUT2D eigenvalue weighted by molar-refractivity contribution is 5.29. The number of halogens is 1. The number of rotatable bonds is 4. The molecule has 0 saturated heterocycles. The van der Waals surface area contributed by atoms with Gasteiger partial charge in [0.15, 0.2) is 17.4 Å². The molecule has 0 saturated carbocycles. The lowest BCUT2D eigenvalue weighted by Gasteiger charge is -2.10. The van der Waals surface area contributed by atoms with Crippen LogP contribution in [0.15, 0.2) is 30.6 Å². The molecule has 0 radical (unpaired) electrons. The van der Waals surface area contributed by atoms with Gasteiger partial charge in [0.25, 0.3) is 0 Å². The van der Waals surface area contributed by atoms with Crippen molar-refractivity contribution in [3.05, 3.63) is 53.4 Å². The summed E-state index contributed by atoms with van der Waals surface area (Å²) in [5.74, 6) is 0.0728. The van der Waals surface area contributed by atoms with E-state index in [2.05, 4.69) is 9.97 Å². The van der Waals surface area contributed by atoms with Crippen molar-refractivity contribution in [2.75, 3.05) is 7.11 Å². The van der Waals surface area contributed by atoms with Crippen LogP contribution >= 0.6 is 0 Å². The second kappa shape index (κ2) is 5.75. The average molecular weight is 262 g/mol. The minimum atomic E-state index is -0.853. The molecular formula is C14H15FN2O2. The molecule has 2 aromatic rings. The van der Waals surface area contributed by atoms with Gasteiger partial charge in [-0.25, -0.2) is 14.4 Å². The first-order valence-electron chi connectivity index (χ1n) is 5.89. The van der Waals surface area contributed by atoms with E-state index < -0.39 is 11.9 Å². The molecule has 0 amide bonds. The molecule has 1 aromatic carbocycles. The van der Waals surface area contributed by atoms with Gasteiger partial charge in [0.1, 0.15) is 6.10 Å². The van der Waals surface area contributed by atoms with Gasteiger partial charge in [-0.2, -0.15) is 0 Å². The van der Waals surface area contributed by atoms with E-state index in [1.54, 1.807) is 18.5 Å². The fourth-order valence-corrected chi connectivity index (χ4v) is 1.73. The number of hydrogen-bond donors (Lipinski definition) is 1. The predicted octanol–water partition coefficient (Wildman–Crippen LogP) is 2.21. The van der Waals surface area contributed by atoms with Crippen molar-refractivity contribution in [1.29, 1.82) is 0 Å². The van der Waals surface area contributed by atoms with Crippen molar-refractivity contribution in [3.63, 3.8) is 0 Å². The SMILES string of the molecule is COc1ccc(CC(O)c2ncc(C)cn2)cc1F. The summed E-state index contributed by atoms with van der Waals surface area (Å²) in [7, 11) is 1.41. The summed E-state index contributed by atoms with van der Waals surface area (Å²) in [4.78, 5) is 8.10. The first-order valence-corrected chi connectivity index (χ1v) is 5.89. The largest absolute Gasteiger partial charge is 0.494 e. The molecule has 100 valence electrons. The Morgan fingerprint density at radius 2 is 2.00 bits per heavy atom. The molecule has 1 heterocycles. The Hall–Kier alpha value is -2.01. The number of nitrogens with zero attached hydrogens (tertiary/aromatic N) is 2. The summed E-state index contributed by atoms with van der Waals surface area (Å²) < 4.78 is 18.4. The molecule has 19 heavy (non-hydrogen) atoms. The lowest BCUT2D eigenvalue weighted by atomic mass is 10.1. The maximum atomic E-state index is 13.5. The van der Waals surface area contributed by atoms with Gasteiger partial charge >= 0.3 is 0 Å². The molecule has 1 atom stereocenters. The third-order valence-corrected chi connectivity index (χ3v) is 2.74. The van der Waals surface area contributed by atoms with Gasteiger partial charge in [-0.15, -0.1) is 0 Å². The number of ether oxygens (including phenoxy) is 1. The van der Waals surface area contributed by atoms with Crippen molar-refractivity contribution in [1.82, 2.24) is 9.97 Å². The van der Waals surface area contributed by atoms with E-state index in [4.69, 9.17) is 4.74 Å². The normalized spacial score (nSPS) is 12.2. The van der Waals surface area contributed by atoms with Gasteiger partial charge in [-0.1, -0.05) is 6.07 Å². The number of aromatic nitrogens is 2. The summed E-state index contributed by atoms with van der Waals surface area (Å²) in [5.41, 5.74) is 1.58. The smallest absolute Gasteiger partial charge is 0.165 e. The summed E-state index contributed by atoms with van der Waals surface area (Å²) in [6.07, 6.45) is 2.68. The van der Waals surface area contributed by atoms with E-state index in [1.807, 2.05) is 6.92 Å². The van der Waals surface area contributed by atoms with Crippen molar-refractivity contribution < 1.29 is 14.2 Å². The third kappa shape index (κ3) is 3.26. The van der Waals surface area contributed by atoms with E-state index in [0.29, 0.717) is 11.4 Å². The molecular weight excluding hydrogens is 247 g/mol. The van der Waals surface area contributed by atoms with E-state index in [1.165, 1.54) is 19.2 Å². The van der Waals surface area contributed by atoms with Crippen molar-refractivity contribution in [3.8, 4) is 5.75 Å². The molecule has 0 fully saturated rings. The maximum absolute atomic E-state index is 13.5. The van der Waals surface area contributed by atoms with Crippen LogP contribution in [-0.2, 0) is 6.42 Å². The van der Waals surface area contributed by atoms with Gasteiger partial charge in [-0.3, -0.25) is 0 Å². The summed E-state index contributed by atoms with van der Waals surface area (Å²) in [5, 5.41) is 10.0. The molecule has 5 heteroatoms. The average Bonchev–Trinajstić information content (AvgIpc) is 2.39. The molecule has 4 nitrogen and oxygen atoms in total. The molecule has 0 aliphatic heterocycles. The highest BCUT2D eigenvalue weighted by Gasteiger charge is 2.13. The first-order chi connectivity index (χ1) is 9.10. The topological polar surface area (TPSA) is 55.2 Å². The molecule has 0 aliphatic carbocycles. The van der Waals surface area contributed by atoms with E-state index in [0.717, 1.165) is 5.56 Å². The number of hydrogen-bond acceptors (Lipinski definition) is 4. The zero-order chi connectivity index (χ0) is 13.8. The van der Waals surface area contributed by atoms with E-state index >= 15 is 0 Å². The standard InChI is InChI=1S/C14H15FN2O2/c1-9-7-16-14(17-8-9)12(18)6-10-3-4-13(19-2)11(15)5-10/h3-5,7-8,12,18H,6H2,1-2H3. The first kappa shape index (κ1) is 13.4. The molecule has 0 spiro atoms. The van der Waals surface area contributed by atoms with Gasteiger partial charge in [0, 0.05) is 18.8 Å². The Labute approximate surface area is 110 Å². The van der Waals surface area contributed by atoms with E-state index in [-0.39, 0.29) is 12.2 Å². The second-order valence-corrected chi connectivity index (χ2v) is 4.31. The molecule has 1 unspecified atom stereocenters. The predicted molar refractivity (Wildman–Crippen MR) is 68.4 cm³/mol. The van der Waals surface area contributed by atoms with Gasteiger partial charge in [0.2, 0.25) is 0 Å². The monoisotopic (exact) mass is 262 g/mol. The van der Waals surface area contributed by atoms with Crippen LogP contribution in [0.3, 0.4) is 0 Å². The number of benzene rings is 1. The second-order valence-electron chi connectivity index (χ2n) is 4.31. The Bertz CT molecular complexity index is 558. The molecule has 0 aliphatic rings. The van der Waals surface area contributed by atoms with Crippen molar-refractivity contribution in [2.45, 2.75) is 19.4 Å². The lowest BCUT2D eigenvalue weighted by molar-refractivity contribution is 0.168. The van der Waals surface area contributed by atoms with Crippen LogP contribution < -0.4 is 4.74 Å². The van der Waals surface area contributed by atoms with Crippen LogP contribution in [-0.4, -0.2) is 22.2 Å².